The monoisotopic (exact) mass is 484 g/mol. The van der Waals surface area contributed by atoms with Gasteiger partial charge in [-0.1, -0.05) is 42.3 Å². The second kappa shape index (κ2) is 11.4. The Balaban J connectivity index is 1.69. The minimum Gasteiger partial charge on any atom is -0.351 e. The van der Waals surface area contributed by atoms with Gasteiger partial charge >= 0.3 is 6.18 Å². The first-order chi connectivity index (χ1) is 16.7. The summed E-state index contributed by atoms with van der Waals surface area (Å²) in [6.45, 7) is 4.15. The lowest BCUT2D eigenvalue weighted by molar-refractivity contribution is -0.138. The van der Waals surface area contributed by atoms with Gasteiger partial charge in [-0.15, -0.1) is 6.42 Å². The number of allylic oxidation sites excluding steroid dienone is 3. The Morgan fingerprint density at radius 2 is 2.00 bits per heavy atom. The Hall–Kier alpha value is -3.31. The lowest BCUT2D eigenvalue weighted by Crippen LogP contribution is -2.47. The van der Waals surface area contributed by atoms with E-state index in [-0.39, 0.29) is 5.91 Å². The van der Waals surface area contributed by atoms with Crippen molar-refractivity contribution in [3.05, 3.63) is 77.2 Å². The summed E-state index contributed by atoms with van der Waals surface area (Å²) in [5.41, 5.74) is 0.588. The third-order valence-corrected chi connectivity index (χ3v) is 6.57. The van der Waals surface area contributed by atoms with Gasteiger partial charge in [0.15, 0.2) is 0 Å². The minimum absolute atomic E-state index is 0.217. The van der Waals surface area contributed by atoms with E-state index in [1.165, 1.54) is 12.3 Å². The van der Waals surface area contributed by atoms with Crippen LogP contribution in [0.4, 0.5) is 13.2 Å². The molecule has 8 heteroatoms. The topological polar surface area (TPSA) is 50.2 Å². The summed E-state index contributed by atoms with van der Waals surface area (Å²) in [5.74, 6) is 2.59. The fourth-order valence-electron chi connectivity index (χ4n) is 4.50. The van der Waals surface area contributed by atoms with Crippen molar-refractivity contribution in [2.45, 2.75) is 32.4 Å². The number of hydrogen-bond acceptors (Lipinski definition) is 3. The molecule has 1 N–H and O–H groups in total. The number of nitrogens with zero attached hydrogens (tertiary/aromatic N) is 3. The second-order valence-corrected chi connectivity index (χ2v) is 8.86. The highest BCUT2D eigenvalue weighted by Crippen LogP contribution is 2.39. The zero-order valence-corrected chi connectivity index (χ0v) is 20.1. The van der Waals surface area contributed by atoms with Crippen molar-refractivity contribution in [2.24, 2.45) is 12.5 Å². The maximum Gasteiger partial charge on any atom is 0.416 e. The van der Waals surface area contributed by atoms with Crippen molar-refractivity contribution in [1.29, 1.82) is 0 Å². The third kappa shape index (κ3) is 6.64. The largest absolute Gasteiger partial charge is 0.416 e. The van der Waals surface area contributed by atoms with Crippen LogP contribution in [-0.2, 0) is 19.6 Å². The number of aryl methyl sites for hydroxylation is 1. The molecular formula is C27H31F3N4O. The van der Waals surface area contributed by atoms with Crippen molar-refractivity contribution < 1.29 is 18.0 Å². The molecule has 1 saturated heterocycles. The van der Waals surface area contributed by atoms with E-state index in [1.54, 1.807) is 30.1 Å². The Kier molecular flexibility index (Phi) is 8.57. The number of hydrogen-bond donors (Lipinski definition) is 1. The van der Waals surface area contributed by atoms with Gasteiger partial charge < -0.3 is 10.2 Å². The number of halogens is 3. The van der Waals surface area contributed by atoms with Crippen LogP contribution in [0.25, 0.3) is 0 Å². The standard InChI is InChI=1S/C27H31F3N4O/c1-4-6-10-23(5-2)26(20-31-25(35)22-18-32-33(3)19-22)13-16-34(17-14-26)15-12-21-9-7-8-11-24(21)27(28,29)30/h2,4,6-11,18-19H,12-17,20H2,1,3H3,(H,31,35)/b6-4-,23-10+. The van der Waals surface area contributed by atoms with E-state index < -0.39 is 17.2 Å². The number of alkyl halides is 3. The Labute approximate surface area is 204 Å². The maximum absolute atomic E-state index is 13.3. The van der Waals surface area contributed by atoms with Crippen LogP contribution in [0.3, 0.4) is 0 Å². The third-order valence-electron chi connectivity index (χ3n) is 6.57. The van der Waals surface area contributed by atoms with Crippen LogP contribution in [0.5, 0.6) is 0 Å². The number of aromatic nitrogens is 2. The van der Waals surface area contributed by atoms with Gasteiger partial charge in [0.25, 0.3) is 5.91 Å². The van der Waals surface area contributed by atoms with Gasteiger partial charge in [0, 0.05) is 37.3 Å². The van der Waals surface area contributed by atoms with Crippen LogP contribution in [0.2, 0.25) is 0 Å². The van der Waals surface area contributed by atoms with E-state index in [4.69, 9.17) is 6.42 Å². The molecule has 0 unspecified atom stereocenters. The van der Waals surface area contributed by atoms with E-state index in [1.807, 2.05) is 25.2 Å². The lowest BCUT2D eigenvalue weighted by Gasteiger charge is -2.42. The fraction of sp³-hybridized carbons (Fsp3) is 0.407. The summed E-state index contributed by atoms with van der Waals surface area (Å²) in [4.78, 5) is 14.8. The second-order valence-electron chi connectivity index (χ2n) is 8.86. The average Bonchev–Trinajstić information content (AvgIpc) is 3.28. The molecule has 0 saturated carbocycles. The SMILES string of the molecule is C#C/C(=C\C=C/C)C1(CNC(=O)c2cnn(C)c2)CCN(CCc2ccccc2C(F)(F)F)CC1. The van der Waals surface area contributed by atoms with Crippen LogP contribution in [0, 0.1) is 17.8 Å². The summed E-state index contributed by atoms with van der Waals surface area (Å²) >= 11 is 0. The maximum atomic E-state index is 13.3. The van der Waals surface area contributed by atoms with Gasteiger partial charge in [-0.2, -0.15) is 18.3 Å². The van der Waals surface area contributed by atoms with Crippen molar-refractivity contribution >= 4 is 5.91 Å². The predicted molar refractivity (Wildman–Crippen MR) is 131 cm³/mol. The molecule has 35 heavy (non-hydrogen) atoms. The highest BCUT2D eigenvalue weighted by atomic mass is 19.4. The number of piperidine rings is 1. The van der Waals surface area contributed by atoms with Gasteiger partial charge in [0.05, 0.1) is 17.3 Å². The number of amides is 1. The molecule has 1 aliphatic heterocycles. The van der Waals surface area contributed by atoms with Crippen molar-refractivity contribution in [1.82, 2.24) is 20.0 Å². The highest BCUT2D eigenvalue weighted by Gasteiger charge is 2.38. The van der Waals surface area contributed by atoms with Crippen molar-refractivity contribution in [3.8, 4) is 12.3 Å². The van der Waals surface area contributed by atoms with E-state index in [0.29, 0.717) is 56.6 Å². The molecule has 0 spiro atoms. The molecular weight excluding hydrogens is 453 g/mol. The summed E-state index contributed by atoms with van der Waals surface area (Å²) in [7, 11) is 1.75. The highest BCUT2D eigenvalue weighted by molar-refractivity contribution is 5.93. The molecule has 0 bridgehead atoms. The van der Waals surface area contributed by atoms with Gasteiger partial charge in [-0.25, -0.2) is 0 Å². The number of terminal acetylenes is 1. The molecule has 2 aromatic rings. The molecule has 1 aliphatic rings. The molecule has 1 amide bonds. The molecule has 1 aromatic carbocycles. The van der Waals surface area contributed by atoms with Gasteiger partial charge in [-0.05, 0) is 50.9 Å². The normalized spacial score (nSPS) is 16.9. The molecule has 1 fully saturated rings. The minimum atomic E-state index is -4.36. The zero-order chi connectivity index (χ0) is 25.5. The van der Waals surface area contributed by atoms with E-state index in [2.05, 4.69) is 21.2 Å². The number of carbonyl (C=O) groups excluding carboxylic acids is 1. The van der Waals surface area contributed by atoms with E-state index in [0.717, 1.165) is 11.6 Å². The van der Waals surface area contributed by atoms with E-state index >= 15 is 0 Å². The lowest BCUT2D eigenvalue weighted by atomic mass is 9.72. The van der Waals surface area contributed by atoms with Crippen molar-refractivity contribution in [3.63, 3.8) is 0 Å². The first-order valence-electron chi connectivity index (χ1n) is 11.6. The average molecular weight is 485 g/mol. The zero-order valence-electron chi connectivity index (χ0n) is 20.1. The van der Waals surface area contributed by atoms with Crippen molar-refractivity contribution in [2.75, 3.05) is 26.2 Å². The summed E-state index contributed by atoms with van der Waals surface area (Å²) < 4.78 is 41.6. The van der Waals surface area contributed by atoms with Crippen LogP contribution in [-0.4, -0.2) is 46.8 Å². The molecule has 186 valence electrons. The molecule has 2 heterocycles. The Bertz CT molecular complexity index is 1120. The Morgan fingerprint density at radius 1 is 1.29 bits per heavy atom. The van der Waals surface area contributed by atoms with Gasteiger partial charge in [-0.3, -0.25) is 9.48 Å². The fourth-order valence-corrected chi connectivity index (χ4v) is 4.50. The Morgan fingerprint density at radius 3 is 2.60 bits per heavy atom. The summed E-state index contributed by atoms with van der Waals surface area (Å²) in [6.07, 6.45) is 12.1. The first kappa shape index (κ1) is 26.3. The van der Waals surface area contributed by atoms with Crippen LogP contribution < -0.4 is 5.32 Å². The number of nitrogens with one attached hydrogen (secondary N) is 1. The number of benzene rings is 1. The summed E-state index contributed by atoms with van der Waals surface area (Å²) in [5, 5.41) is 7.06. The molecule has 5 nitrogen and oxygen atoms in total. The number of rotatable bonds is 8. The van der Waals surface area contributed by atoms with E-state index in [9.17, 15) is 18.0 Å². The molecule has 0 aliphatic carbocycles. The van der Waals surface area contributed by atoms with Crippen LogP contribution in [0.15, 0.2) is 60.5 Å². The van der Waals surface area contributed by atoms with Crippen LogP contribution >= 0.6 is 0 Å². The molecule has 3 rings (SSSR count). The van der Waals surface area contributed by atoms with Gasteiger partial charge in [0.1, 0.15) is 0 Å². The molecule has 0 atom stereocenters. The summed E-state index contributed by atoms with van der Waals surface area (Å²) in [6, 6.07) is 5.73. The number of carbonyl (C=O) groups is 1. The molecule has 1 aromatic heterocycles. The number of likely N-dealkylation sites (tertiary alicyclic amines) is 1. The molecule has 0 radical (unpaired) electrons. The smallest absolute Gasteiger partial charge is 0.351 e. The first-order valence-corrected chi connectivity index (χ1v) is 11.6. The quantitative estimate of drug-likeness (QED) is 0.439. The van der Waals surface area contributed by atoms with Gasteiger partial charge in [0.2, 0.25) is 0 Å². The van der Waals surface area contributed by atoms with Crippen LogP contribution in [0.1, 0.15) is 41.3 Å². The predicted octanol–water partition coefficient (Wildman–Crippen LogP) is 4.63.